The third kappa shape index (κ3) is 3.61. The van der Waals surface area contributed by atoms with Crippen LogP contribution in [0, 0.1) is 0 Å². The summed E-state index contributed by atoms with van der Waals surface area (Å²) in [5.74, 6) is 0. The van der Waals surface area contributed by atoms with Gasteiger partial charge in [0.1, 0.15) is 5.01 Å². The van der Waals surface area contributed by atoms with Gasteiger partial charge in [-0.15, -0.1) is 11.3 Å². The summed E-state index contributed by atoms with van der Waals surface area (Å²) in [4.78, 5) is 5.60. The van der Waals surface area contributed by atoms with Crippen LogP contribution in [0.25, 0.3) is 10.4 Å². The minimum absolute atomic E-state index is 0.770. The Labute approximate surface area is 114 Å². The normalized spacial score (nSPS) is 11.1. The molecule has 1 heterocycles. The maximum Gasteiger partial charge on any atom is 0.108 e. The molecule has 0 atom stereocenters. The van der Waals surface area contributed by atoms with E-state index in [9.17, 15) is 0 Å². The molecule has 1 aromatic carbocycles. The van der Waals surface area contributed by atoms with Gasteiger partial charge in [-0.3, -0.25) is 5.01 Å². The number of hydrogen-bond acceptors (Lipinski definition) is 4. The number of hydrogen-bond donors (Lipinski definition) is 1. The Bertz CT molecular complexity index is 496. The van der Waals surface area contributed by atoms with E-state index < -0.39 is 0 Å². The minimum atomic E-state index is 0.770. The molecule has 0 bridgehead atoms. The molecule has 0 unspecified atom stereocenters. The van der Waals surface area contributed by atoms with Crippen molar-refractivity contribution in [3.63, 3.8) is 0 Å². The summed E-state index contributed by atoms with van der Waals surface area (Å²) in [5.41, 5.74) is 4.41. The molecule has 0 saturated heterocycles. The van der Waals surface area contributed by atoms with Crippen LogP contribution in [0.2, 0.25) is 0 Å². The smallest absolute Gasteiger partial charge is 0.108 e. The van der Waals surface area contributed by atoms with Crippen molar-refractivity contribution in [3.05, 3.63) is 39.9 Å². The molecule has 17 heavy (non-hydrogen) atoms. The summed E-state index contributed by atoms with van der Waals surface area (Å²) < 4.78 is 1.09. The van der Waals surface area contributed by atoms with Gasteiger partial charge in [0.2, 0.25) is 0 Å². The van der Waals surface area contributed by atoms with Gasteiger partial charge in [0.25, 0.3) is 0 Å². The standard InChI is InChI=1S/C12H14BrN3S/c1-16(2)15-8-12-14-7-11(17-12)9-4-3-5-10(13)6-9/h3-7,15H,8H2,1-2H3. The van der Waals surface area contributed by atoms with Crippen molar-refractivity contribution >= 4 is 27.3 Å². The molecular formula is C12H14BrN3S. The number of halogens is 1. The first-order valence-electron chi connectivity index (χ1n) is 5.26. The minimum Gasteiger partial charge on any atom is -0.250 e. The lowest BCUT2D eigenvalue weighted by Gasteiger charge is -2.09. The fourth-order valence-electron chi connectivity index (χ4n) is 1.39. The molecule has 0 aliphatic rings. The van der Waals surface area contributed by atoms with Gasteiger partial charge in [-0.1, -0.05) is 28.1 Å². The van der Waals surface area contributed by atoms with Crippen molar-refractivity contribution in [2.45, 2.75) is 6.54 Å². The number of nitrogens with zero attached hydrogens (tertiary/aromatic N) is 2. The van der Waals surface area contributed by atoms with Crippen LogP contribution in [0.1, 0.15) is 5.01 Å². The molecule has 1 N–H and O–H groups in total. The van der Waals surface area contributed by atoms with Crippen LogP contribution in [-0.4, -0.2) is 24.1 Å². The van der Waals surface area contributed by atoms with Gasteiger partial charge in [0.15, 0.2) is 0 Å². The highest BCUT2D eigenvalue weighted by molar-refractivity contribution is 9.10. The highest BCUT2D eigenvalue weighted by Gasteiger charge is 2.04. The summed E-state index contributed by atoms with van der Waals surface area (Å²) in [5, 5.41) is 3.02. The van der Waals surface area contributed by atoms with Crippen LogP contribution in [0.3, 0.4) is 0 Å². The first-order valence-corrected chi connectivity index (χ1v) is 6.87. The Balaban J connectivity index is 2.12. The van der Waals surface area contributed by atoms with E-state index in [-0.39, 0.29) is 0 Å². The second kappa shape index (κ2) is 5.73. The molecule has 0 aliphatic carbocycles. The molecule has 0 aliphatic heterocycles. The van der Waals surface area contributed by atoms with Gasteiger partial charge in [-0.2, -0.15) is 0 Å². The maximum absolute atomic E-state index is 4.41. The molecule has 5 heteroatoms. The Morgan fingerprint density at radius 1 is 1.41 bits per heavy atom. The lowest BCUT2D eigenvalue weighted by Crippen LogP contribution is -2.29. The van der Waals surface area contributed by atoms with E-state index in [1.165, 1.54) is 10.4 Å². The van der Waals surface area contributed by atoms with Gasteiger partial charge in [0, 0.05) is 24.8 Å². The van der Waals surface area contributed by atoms with Crippen LogP contribution >= 0.6 is 27.3 Å². The molecule has 1 aromatic heterocycles. The molecule has 90 valence electrons. The van der Waals surface area contributed by atoms with E-state index in [2.05, 4.69) is 38.5 Å². The predicted molar refractivity (Wildman–Crippen MR) is 75.8 cm³/mol. The fraction of sp³-hybridized carbons (Fsp3) is 0.250. The molecule has 0 radical (unpaired) electrons. The number of aromatic nitrogens is 1. The van der Waals surface area contributed by atoms with Crippen LogP contribution in [0.4, 0.5) is 0 Å². The molecule has 2 aromatic rings. The lowest BCUT2D eigenvalue weighted by atomic mass is 10.2. The molecule has 2 rings (SSSR count). The van der Waals surface area contributed by atoms with E-state index in [0.717, 1.165) is 16.0 Å². The van der Waals surface area contributed by atoms with Crippen molar-refractivity contribution in [3.8, 4) is 10.4 Å². The summed E-state index contributed by atoms with van der Waals surface area (Å²) in [6.45, 7) is 0.770. The topological polar surface area (TPSA) is 28.2 Å². The van der Waals surface area contributed by atoms with E-state index in [1.54, 1.807) is 11.3 Å². The van der Waals surface area contributed by atoms with Crippen molar-refractivity contribution in [1.29, 1.82) is 0 Å². The molecule has 0 amide bonds. The second-order valence-corrected chi connectivity index (χ2v) is 5.89. The first kappa shape index (κ1) is 12.7. The number of hydrazine groups is 1. The van der Waals surface area contributed by atoms with Crippen molar-refractivity contribution in [2.75, 3.05) is 14.1 Å². The highest BCUT2D eigenvalue weighted by Crippen LogP contribution is 2.28. The number of nitrogens with one attached hydrogen (secondary N) is 1. The fourth-order valence-corrected chi connectivity index (χ4v) is 2.64. The molecule has 0 fully saturated rings. The third-order valence-corrected chi connectivity index (χ3v) is 3.75. The quantitative estimate of drug-likeness (QED) is 0.879. The Morgan fingerprint density at radius 3 is 2.94 bits per heavy atom. The second-order valence-electron chi connectivity index (χ2n) is 3.86. The lowest BCUT2D eigenvalue weighted by molar-refractivity contribution is 0.286. The van der Waals surface area contributed by atoms with Gasteiger partial charge >= 0.3 is 0 Å². The van der Waals surface area contributed by atoms with E-state index >= 15 is 0 Å². The van der Waals surface area contributed by atoms with Crippen LogP contribution in [0.5, 0.6) is 0 Å². The average molecular weight is 312 g/mol. The van der Waals surface area contributed by atoms with Crippen molar-refractivity contribution in [1.82, 2.24) is 15.4 Å². The van der Waals surface area contributed by atoms with Gasteiger partial charge < -0.3 is 0 Å². The summed E-state index contributed by atoms with van der Waals surface area (Å²) in [6, 6.07) is 8.27. The van der Waals surface area contributed by atoms with Gasteiger partial charge in [-0.25, -0.2) is 10.4 Å². The van der Waals surface area contributed by atoms with Crippen LogP contribution in [0.15, 0.2) is 34.9 Å². The zero-order valence-corrected chi connectivity index (χ0v) is 12.2. The summed E-state index contributed by atoms with van der Waals surface area (Å²) in [6.07, 6.45) is 1.93. The zero-order chi connectivity index (χ0) is 12.3. The van der Waals surface area contributed by atoms with Crippen LogP contribution < -0.4 is 5.43 Å². The van der Waals surface area contributed by atoms with Gasteiger partial charge in [-0.05, 0) is 17.7 Å². The number of rotatable bonds is 4. The van der Waals surface area contributed by atoms with Crippen LogP contribution in [-0.2, 0) is 6.54 Å². The Kier molecular flexibility index (Phi) is 4.28. The van der Waals surface area contributed by atoms with Crippen molar-refractivity contribution < 1.29 is 0 Å². The number of thiazole rings is 1. The zero-order valence-electron chi connectivity index (χ0n) is 9.77. The third-order valence-electron chi connectivity index (χ3n) is 2.21. The van der Waals surface area contributed by atoms with E-state index in [1.807, 2.05) is 37.4 Å². The van der Waals surface area contributed by atoms with E-state index in [4.69, 9.17) is 0 Å². The molecular weight excluding hydrogens is 298 g/mol. The highest BCUT2D eigenvalue weighted by atomic mass is 79.9. The molecule has 3 nitrogen and oxygen atoms in total. The Hall–Kier alpha value is -0.750. The van der Waals surface area contributed by atoms with E-state index in [0.29, 0.717) is 0 Å². The summed E-state index contributed by atoms with van der Waals surface area (Å²) in [7, 11) is 3.95. The maximum atomic E-state index is 4.41. The SMILES string of the molecule is CN(C)NCc1ncc(-c2cccc(Br)c2)s1. The summed E-state index contributed by atoms with van der Waals surface area (Å²) >= 11 is 5.20. The Morgan fingerprint density at radius 2 is 2.24 bits per heavy atom. The first-order chi connectivity index (χ1) is 8.15. The average Bonchev–Trinajstić information content (AvgIpc) is 2.75. The largest absolute Gasteiger partial charge is 0.250 e. The number of benzene rings is 1. The monoisotopic (exact) mass is 311 g/mol. The van der Waals surface area contributed by atoms with Gasteiger partial charge in [0.05, 0.1) is 11.4 Å². The van der Waals surface area contributed by atoms with Crippen molar-refractivity contribution in [2.24, 2.45) is 0 Å². The molecule has 0 spiro atoms. The predicted octanol–water partition coefficient (Wildman–Crippen LogP) is 3.14. The molecule has 0 saturated carbocycles.